The van der Waals surface area contributed by atoms with Gasteiger partial charge in [-0.25, -0.2) is 0 Å². The molecule has 0 aliphatic heterocycles. The van der Waals surface area contributed by atoms with E-state index in [4.69, 9.17) is 16.6 Å². The van der Waals surface area contributed by atoms with Crippen molar-refractivity contribution in [3.05, 3.63) is 52.9 Å². The summed E-state index contributed by atoms with van der Waals surface area (Å²) in [5.74, 6) is 0.674. The summed E-state index contributed by atoms with van der Waals surface area (Å²) in [5, 5.41) is 3.09. The standard InChI is InChI=1S/C11H8BrNOS/c12-8-3-5-9(6-4-8)13-11(15)10-2-1-7-14-10/h1-7H,(H,13,15). The summed E-state index contributed by atoms with van der Waals surface area (Å²) >= 11 is 8.54. The zero-order chi connectivity index (χ0) is 10.7. The fraction of sp³-hybridized carbons (Fsp3) is 0. The Morgan fingerprint density at radius 1 is 1.20 bits per heavy atom. The largest absolute Gasteiger partial charge is 0.462 e. The minimum Gasteiger partial charge on any atom is -0.462 e. The van der Waals surface area contributed by atoms with E-state index >= 15 is 0 Å². The predicted molar refractivity (Wildman–Crippen MR) is 68.2 cm³/mol. The first-order valence-electron chi connectivity index (χ1n) is 4.36. The zero-order valence-electron chi connectivity index (χ0n) is 7.74. The van der Waals surface area contributed by atoms with Crippen LogP contribution in [0.4, 0.5) is 5.69 Å². The number of furan rings is 1. The molecule has 0 radical (unpaired) electrons. The van der Waals surface area contributed by atoms with E-state index < -0.39 is 0 Å². The van der Waals surface area contributed by atoms with Gasteiger partial charge in [-0.2, -0.15) is 0 Å². The molecule has 2 rings (SSSR count). The third-order valence-electron chi connectivity index (χ3n) is 1.85. The fourth-order valence-electron chi connectivity index (χ4n) is 1.13. The number of benzene rings is 1. The second-order valence-corrected chi connectivity index (χ2v) is 4.26. The van der Waals surface area contributed by atoms with Crippen molar-refractivity contribution < 1.29 is 4.42 Å². The zero-order valence-corrected chi connectivity index (χ0v) is 10.1. The van der Waals surface area contributed by atoms with E-state index in [1.54, 1.807) is 6.26 Å². The van der Waals surface area contributed by atoms with Crippen molar-refractivity contribution in [3.63, 3.8) is 0 Å². The van der Waals surface area contributed by atoms with Crippen molar-refractivity contribution in [2.75, 3.05) is 5.32 Å². The van der Waals surface area contributed by atoms with E-state index in [-0.39, 0.29) is 0 Å². The Kier molecular flexibility index (Phi) is 3.18. The van der Waals surface area contributed by atoms with Gasteiger partial charge >= 0.3 is 0 Å². The third-order valence-corrected chi connectivity index (χ3v) is 2.68. The molecule has 1 heterocycles. The summed E-state index contributed by atoms with van der Waals surface area (Å²) in [6.07, 6.45) is 1.60. The van der Waals surface area contributed by atoms with Gasteiger partial charge in [0.05, 0.1) is 6.26 Å². The first kappa shape index (κ1) is 10.4. The number of hydrogen-bond acceptors (Lipinski definition) is 2. The van der Waals surface area contributed by atoms with Gasteiger partial charge < -0.3 is 9.73 Å². The van der Waals surface area contributed by atoms with Crippen molar-refractivity contribution in [2.24, 2.45) is 0 Å². The molecule has 0 aliphatic rings. The van der Waals surface area contributed by atoms with E-state index in [1.807, 2.05) is 36.4 Å². The lowest BCUT2D eigenvalue weighted by atomic mass is 10.3. The minimum atomic E-state index is 0.585. The Balaban J connectivity index is 2.09. The maximum atomic E-state index is 5.18. The quantitative estimate of drug-likeness (QED) is 0.847. The summed E-state index contributed by atoms with van der Waals surface area (Å²) in [6, 6.07) is 11.4. The summed E-state index contributed by atoms with van der Waals surface area (Å²) in [6.45, 7) is 0. The van der Waals surface area contributed by atoms with Crippen molar-refractivity contribution in [1.29, 1.82) is 0 Å². The van der Waals surface area contributed by atoms with Crippen LogP contribution in [-0.4, -0.2) is 4.99 Å². The highest BCUT2D eigenvalue weighted by atomic mass is 79.9. The summed E-state index contributed by atoms with van der Waals surface area (Å²) in [4.78, 5) is 0.585. The molecule has 1 N–H and O–H groups in total. The lowest BCUT2D eigenvalue weighted by molar-refractivity contribution is 0.559. The molecule has 0 unspecified atom stereocenters. The molecule has 4 heteroatoms. The van der Waals surface area contributed by atoms with E-state index in [9.17, 15) is 0 Å². The van der Waals surface area contributed by atoms with Gasteiger partial charge in [0.1, 0.15) is 4.99 Å². The molecule has 1 aromatic heterocycles. The molecule has 15 heavy (non-hydrogen) atoms. The molecule has 2 aromatic rings. The third kappa shape index (κ3) is 2.67. The second kappa shape index (κ2) is 4.59. The van der Waals surface area contributed by atoms with Gasteiger partial charge in [-0.1, -0.05) is 28.1 Å². The highest BCUT2D eigenvalue weighted by molar-refractivity contribution is 9.10. The van der Waals surface area contributed by atoms with Gasteiger partial charge in [-0.15, -0.1) is 0 Å². The van der Waals surface area contributed by atoms with Crippen molar-refractivity contribution in [1.82, 2.24) is 0 Å². The van der Waals surface area contributed by atoms with Crippen molar-refractivity contribution in [2.45, 2.75) is 0 Å². The molecule has 0 saturated carbocycles. The molecule has 0 atom stereocenters. The topological polar surface area (TPSA) is 25.2 Å². The lowest BCUT2D eigenvalue weighted by Gasteiger charge is -2.05. The van der Waals surface area contributed by atoms with Crippen LogP contribution in [0.3, 0.4) is 0 Å². The highest BCUT2D eigenvalue weighted by Crippen LogP contribution is 2.15. The summed E-state index contributed by atoms with van der Waals surface area (Å²) < 4.78 is 6.22. The molecular formula is C11H8BrNOS. The molecular weight excluding hydrogens is 274 g/mol. The number of rotatable bonds is 2. The highest BCUT2D eigenvalue weighted by Gasteiger charge is 2.03. The maximum Gasteiger partial charge on any atom is 0.161 e. The lowest BCUT2D eigenvalue weighted by Crippen LogP contribution is -2.08. The van der Waals surface area contributed by atoms with Crippen molar-refractivity contribution >= 4 is 38.8 Å². The average molecular weight is 282 g/mol. The van der Waals surface area contributed by atoms with Crippen LogP contribution < -0.4 is 5.32 Å². The molecule has 0 bridgehead atoms. The summed E-state index contributed by atoms with van der Waals surface area (Å²) in [5.41, 5.74) is 0.944. The van der Waals surface area contributed by atoms with E-state index in [1.165, 1.54) is 0 Å². The van der Waals surface area contributed by atoms with E-state index in [0.29, 0.717) is 10.7 Å². The Labute approximate surface area is 101 Å². The Morgan fingerprint density at radius 2 is 1.93 bits per heavy atom. The second-order valence-electron chi connectivity index (χ2n) is 2.94. The van der Waals surface area contributed by atoms with Crippen LogP contribution in [0.5, 0.6) is 0 Å². The van der Waals surface area contributed by atoms with Crippen LogP contribution in [0, 0.1) is 0 Å². The number of hydrogen-bond donors (Lipinski definition) is 1. The van der Waals surface area contributed by atoms with E-state index in [2.05, 4.69) is 21.2 Å². The Morgan fingerprint density at radius 3 is 2.53 bits per heavy atom. The van der Waals surface area contributed by atoms with E-state index in [0.717, 1.165) is 10.2 Å². The van der Waals surface area contributed by atoms with Crippen LogP contribution in [0.15, 0.2) is 51.6 Å². The first-order valence-corrected chi connectivity index (χ1v) is 5.56. The Bertz CT molecular complexity index is 450. The fourth-order valence-corrected chi connectivity index (χ4v) is 1.63. The number of halogens is 1. The molecule has 0 amide bonds. The van der Waals surface area contributed by atoms with Crippen LogP contribution in [0.25, 0.3) is 0 Å². The number of nitrogens with one attached hydrogen (secondary N) is 1. The monoisotopic (exact) mass is 281 g/mol. The summed E-state index contributed by atoms with van der Waals surface area (Å²) in [7, 11) is 0. The SMILES string of the molecule is S=C(Nc1ccc(Br)cc1)c1ccco1. The van der Waals surface area contributed by atoms with Gasteiger partial charge in [-0.05, 0) is 36.4 Å². The minimum absolute atomic E-state index is 0.585. The molecule has 1 aromatic carbocycles. The Hall–Kier alpha value is -1.13. The van der Waals surface area contributed by atoms with Gasteiger partial charge in [-0.3, -0.25) is 0 Å². The molecule has 0 aliphatic carbocycles. The predicted octanol–water partition coefficient (Wildman–Crippen LogP) is 3.83. The maximum absolute atomic E-state index is 5.18. The molecule has 0 fully saturated rings. The average Bonchev–Trinajstić information content (AvgIpc) is 2.74. The van der Waals surface area contributed by atoms with Crippen LogP contribution in [0.2, 0.25) is 0 Å². The van der Waals surface area contributed by atoms with Crippen LogP contribution in [0.1, 0.15) is 5.76 Å². The van der Waals surface area contributed by atoms with Gasteiger partial charge in [0.2, 0.25) is 0 Å². The smallest absolute Gasteiger partial charge is 0.161 e. The molecule has 2 nitrogen and oxygen atoms in total. The molecule has 0 spiro atoms. The number of thiocarbonyl (C=S) groups is 1. The molecule has 76 valence electrons. The molecule has 0 saturated heterocycles. The van der Waals surface area contributed by atoms with Crippen LogP contribution >= 0.6 is 28.1 Å². The first-order chi connectivity index (χ1) is 7.25. The van der Waals surface area contributed by atoms with Crippen LogP contribution in [-0.2, 0) is 0 Å². The van der Waals surface area contributed by atoms with Crippen molar-refractivity contribution in [3.8, 4) is 0 Å². The van der Waals surface area contributed by atoms with Gasteiger partial charge in [0.25, 0.3) is 0 Å². The van der Waals surface area contributed by atoms with Gasteiger partial charge in [0.15, 0.2) is 5.76 Å². The number of anilines is 1. The van der Waals surface area contributed by atoms with Gasteiger partial charge in [0, 0.05) is 10.2 Å². The normalized spacial score (nSPS) is 9.93.